The summed E-state index contributed by atoms with van der Waals surface area (Å²) in [5, 5.41) is 6.79. The molecule has 1 aromatic carbocycles. The van der Waals surface area contributed by atoms with Crippen LogP contribution in [0.5, 0.6) is 0 Å². The summed E-state index contributed by atoms with van der Waals surface area (Å²) >= 11 is 0. The van der Waals surface area contributed by atoms with Gasteiger partial charge in [-0.2, -0.15) is 0 Å². The van der Waals surface area contributed by atoms with Gasteiger partial charge in [-0.25, -0.2) is 14.8 Å². The zero-order valence-electron chi connectivity index (χ0n) is 13.8. The average molecular weight is 329 g/mol. The van der Waals surface area contributed by atoms with Crippen molar-refractivity contribution in [3.8, 4) is 0 Å². The largest absolute Gasteiger partial charge is 0.369 e. The molecule has 1 aliphatic heterocycles. The number of halogens is 1. The highest BCUT2D eigenvalue weighted by Crippen LogP contribution is 2.24. The number of hydrogen-bond donors (Lipinski definition) is 4. The Kier molecular flexibility index (Phi) is 5.74. The van der Waals surface area contributed by atoms with Gasteiger partial charge in [0.2, 0.25) is 0 Å². The van der Waals surface area contributed by atoms with Crippen LogP contribution < -0.4 is 21.5 Å². The van der Waals surface area contributed by atoms with Crippen molar-refractivity contribution in [1.82, 2.24) is 21.2 Å². The van der Waals surface area contributed by atoms with Crippen molar-refractivity contribution in [2.24, 2.45) is 5.92 Å². The van der Waals surface area contributed by atoms with Crippen LogP contribution >= 0.6 is 0 Å². The van der Waals surface area contributed by atoms with Crippen LogP contribution in [0.1, 0.15) is 17.2 Å². The van der Waals surface area contributed by atoms with Crippen LogP contribution in [-0.2, 0) is 0 Å². The minimum absolute atomic E-state index is 0.199. The second-order valence-electron chi connectivity index (χ2n) is 6.16. The minimum atomic E-state index is -0.199. The average Bonchev–Trinajstić information content (AvgIpc) is 3.04. The lowest BCUT2D eigenvalue weighted by atomic mass is 9.95. The minimum Gasteiger partial charge on any atom is -0.369 e. The second-order valence-corrected chi connectivity index (χ2v) is 6.16. The number of nitrogens with one attached hydrogen (secondary N) is 4. The summed E-state index contributed by atoms with van der Waals surface area (Å²) < 4.78 is 13.1. The SMILES string of the molecule is Cc1ccnc(NCCNCC2CNNC2c2ccc(F)cc2)c1. The van der Waals surface area contributed by atoms with E-state index in [9.17, 15) is 4.39 Å². The Balaban J connectivity index is 1.42. The van der Waals surface area contributed by atoms with Crippen LogP contribution in [0, 0.1) is 18.7 Å². The molecule has 1 aliphatic rings. The Labute approximate surface area is 142 Å². The van der Waals surface area contributed by atoms with E-state index >= 15 is 0 Å². The Morgan fingerprint density at radius 1 is 1.21 bits per heavy atom. The topological polar surface area (TPSA) is 61.0 Å². The van der Waals surface area contributed by atoms with Crippen LogP contribution in [0.3, 0.4) is 0 Å². The van der Waals surface area contributed by atoms with Gasteiger partial charge in [0.05, 0.1) is 6.04 Å². The molecule has 5 nitrogen and oxygen atoms in total. The van der Waals surface area contributed by atoms with Gasteiger partial charge in [0.15, 0.2) is 0 Å². The number of anilines is 1. The molecule has 1 aromatic heterocycles. The first-order chi connectivity index (χ1) is 11.7. The summed E-state index contributed by atoms with van der Waals surface area (Å²) in [4.78, 5) is 4.28. The highest BCUT2D eigenvalue weighted by molar-refractivity contribution is 5.36. The summed E-state index contributed by atoms with van der Waals surface area (Å²) in [5.41, 5.74) is 8.78. The molecule has 3 rings (SSSR count). The Bertz CT molecular complexity index is 646. The van der Waals surface area contributed by atoms with Crippen molar-refractivity contribution in [3.05, 3.63) is 59.5 Å². The normalized spacial score (nSPS) is 20.2. The van der Waals surface area contributed by atoms with E-state index in [0.29, 0.717) is 5.92 Å². The fourth-order valence-corrected chi connectivity index (χ4v) is 2.95. The molecule has 0 saturated carbocycles. The fourth-order valence-electron chi connectivity index (χ4n) is 2.95. The molecular formula is C18H24FN5. The maximum atomic E-state index is 13.1. The van der Waals surface area contributed by atoms with Crippen LogP contribution in [0.2, 0.25) is 0 Å². The number of nitrogens with zero attached hydrogens (tertiary/aromatic N) is 1. The molecule has 2 unspecified atom stereocenters. The van der Waals surface area contributed by atoms with E-state index in [1.54, 1.807) is 0 Å². The van der Waals surface area contributed by atoms with E-state index in [-0.39, 0.29) is 11.9 Å². The zero-order valence-corrected chi connectivity index (χ0v) is 13.8. The first kappa shape index (κ1) is 16.8. The summed E-state index contributed by atoms with van der Waals surface area (Å²) in [6, 6.07) is 10.9. The molecule has 0 spiro atoms. The predicted molar refractivity (Wildman–Crippen MR) is 94.1 cm³/mol. The molecule has 0 bridgehead atoms. The highest BCUT2D eigenvalue weighted by Gasteiger charge is 2.27. The van der Waals surface area contributed by atoms with E-state index in [4.69, 9.17) is 0 Å². The van der Waals surface area contributed by atoms with Crippen molar-refractivity contribution >= 4 is 5.82 Å². The zero-order chi connectivity index (χ0) is 16.8. The summed E-state index contributed by atoms with van der Waals surface area (Å²) in [5.74, 6) is 1.13. The predicted octanol–water partition coefficient (Wildman–Crippen LogP) is 2.00. The van der Waals surface area contributed by atoms with Gasteiger partial charge in [0, 0.05) is 38.3 Å². The van der Waals surface area contributed by atoms with Gasteiger partial charge in [-0.15, -0.1) is 0 Å². The van der Waals surface area contributed by atoms with E-state index in [1.807, 2.05) is 30.5 Å². The van der Waals surface area contributed by atoms with E-state index in [1.165, 1.54) is 17.7 Å². The molecule has 0 amide bonds. The third-order valence-electron chi connectivity index (χ3n) is 4.25. The van der Waals surface area contributed by atoms with E-state index < -0.39 is 0 Å². The number of aromatic nitrogens is 1. The monoisotopic (exact) mass is 329 g/mol. The maximum Gasteiger partial charge on any atom is 0.126 e. The summed E-state index contributed by atoms with van der Waals surface area (Å²) in [6.45, 7) is 5.53. The number of benzene rings is 1. The van der Waals surface area contributed by atoms with Crippen molar-refractivity contribution in [3.63, 3.8) is 0 Å². The summed E-state index contributed by atoms with van der Waals surface area (Å²) in [7, 11) is 0. The summed E-state index contributed by atoms with van der Waals surface area (Å²) in [6.07, 6.45) is 1.81. The number of hydrazine groups is 1. The van der Waals surface area contributed by atoms with E-state index in [2.05, 4.69) is 33.4 Å². The lowest BCUT2D eigenvalue weighted by molar-refractivity contribution is 0.445. The van der Waals surface area contributed by atoms with Gasteiger partial charge in [-0.3, -0.25) is 5.43 Å². The van der Waals surface area contributed by atoms with Crippen LogP contribution in [-0.4, -0.2) is 31.2 Å². The molecule has 24 heavy (non-hydrogen) atoms. The molecule has 0 aliphatic carbocycles. The smallest absolute Gasteiger partial charge is 0.126 e. The Hall–Kier alpha value is -2.02. The molecular weight excluding hydrogens is 305 g/mol. The third kappa shape index (κ3) is 4.50. The number of rotatable bonds is 7. The molecule has 2 aromatic rings. The lowest BCUT2D eigenvalue weighted by Crippen LogP contribution is -2.31. The first-order valence-electron chi connectivity index (χ1n) is 8.33. The molecule has 1 fully saturated rings. The number of aryl methyl sites for hydroxylation is 1. The van der Waals surface area contributed by atoms with Crippen LogP contribution in [0.15, 0.2) is 42.6 Å². The van der Waals surface area contributed by atoms with Crippen LogP contribution in [0.4, 0.5) is 10.2 Å². The fraction of sp³-hybridized carbons (Fsp3) is 0.389. The molecule has 1 saturated heterocycles. The molecule has 128 valence electrons. The van der Waals surface area contributed by atoms with Gasteiger partial charge in [-0.1, -0.05) is 12.1 Å². The van der Waals surface area contributed by atoms with Crippen molar-refractivity contribution < 1.29 is 4.39 Å². The van der Waals surface area contributed by atoms with Crippen molar-refractivity contribution in [1.29, 1.82) is 0 Å². The van der Waals surface area contributed by atoms with Crippen molar-refractivity contribution in [2.45, 2.75) is 13.0 Å². The van der Waals surface area contributed by atoms with Crippen LogP contribution in [0.25, 0.3) is 0 Å². The van der Waals surface area contributed by atoms with E-state index in [0.717, 1.165) is 37.6 Å². The van der Waals surface area contributed by atoms with Gasteiger partial charge in [0.1, 0.15) is 11.6 Å². The van der Waals surface area contributed by atoms with Gasteiger partial charge >= 0.3 is 0 Å². The molecule has 6 heteroatoms. The standard InChI is InChI=1S/C18H24FN5/c1-13-6-7-21-17(10-13)22-9-8-20-11-15-12-23-24-18(15)14-2-4-16(19)5-3-14/h2-7,10,15,18,20,23-24H,8-9,11-12H2,1H3,(H,21,22). The quantitative estimate of drug-likeness (QED) is 0.585. The molecule has 2 atom stereocenters. The molecule has 2 heterocycles. The third-order valence-corrected chi connectivity index (χ3v) is 4.25. The highest BCUT2D eigenvalue weighted by atomic mass is 19.1. The first-order valence-corrected chi connectivity index (χ1v) is 8.33. The number of pyridine rings is 1. The molecule has 4 N–H and O–H groups in total. The van der Waals surface area contributed by atoms with Gasteiger partial charge < -0.3 is 10.6 Å². The lowest BCUT2D eigenvalue weighted by Gasteiger charge is -2.19. The number of hydrogen-bond acceptors (Lipinski definition) is 5. The van der Waals surface area contributed by atoms with Gasteiger partial charge in [0.25, 0.3) is 0 Å². The second kappa shape index (κ2) is 8.19. The maximum absolute atomic E-state index is 13.1. The molecule has 0 radical (unpaired) electrons. The van der Waals surface area contributed by atoms with Gasteiger partial charge in [-0.05, 0) is 42.3 Å². The van der Waals surface area contributed by atoms with Crippen molar-refractivity contribution in [2.75, 3.05) is 31.5 Å². The Morgan fingerprint density at radius 3 is 2.83 bits per heavy atom. The Morgan fingerprint density at radius 2 is 2.04 bits per heavy atom.